The van der Waals surface area contributed by atoms with E-state index in [4.69, 9.17) is 10.5 Å². The van der Waals surface area contributed by atoms with E-state index < -0.39 is 0 Å². The number of rotatable bonds is 1. The third kappa shape index (κ3) is 0.713. The Labute approximate surface area is 61.1 Å². The van der Waals surface area contributed by atoms with Crippen molar-refractivity contribution in [3.8, 4) is 0 Å². The molecule has 58 valence electrons. The van der Waals surface area contributed by atoms with Gasteiger partial charge in [-0.15, -0.1) is 0 Å². The Morgan fingerprint density at radius 3 is 2.90 bits per heavy atom. The van der Waals surface area contributed by atoms with E-state index >= 15 is 0 Å². The molecule has 2 aliphatic rings. The zero-order valence-corrected chi connectivity index (χ0v) is 6.29. The molecule has 2 fully saturated rings. The van der Waals surface area contributed by atoms with Crippen LogP contribution < -0.4 is 5.73 Å². The fraction of sp³-hybridized carbons (Fsp3) is 1.00. The molecule has 0 saturated carbocycles. The topological polar surface area (TPSA) is 38.5 Å². The standard InChI is InChI=1S/C7H14N2O/c1-9-5-2-7(10-4-5)6(9)3-8/h5-7H,2-4,8H2,1H3. The number of hydrogen-bond donors (Lipinski definition) is 1. The van der Waals surface area contributed by atoms with Crippen LogP contribution in [0, 0.1) is 0 Å². The number of likely N-dealkylation sites (N-methyl/N-ethyl adjacent to an activating group) is 1. The highest BCUT2D eigenvalue weighted by molar-refractivity contribution is 4.98. The highest BCUT2D eigenvalue weighted by Crippen LogP contribution is 2.31. The van der Waals surface area contributed by atoms with Gasteiger partial charge in [0, 0.05) is 18.6 Å². The molecule has 0 radical (unpaired) electrons. The number of ether oxygens (including phenoxy) is 1. The molecule has 0 aromatic carbocycles. The average Bonchev–Trinajstić information content (AvgIpc) is 2.46. The molecule has 0 spiro atoms. The highest BCUT2D eigenvalue weighted by atomic mass is 16.5. The Balaban J connectivity index is 2.10. The Kier molecular flexibility index (Phi) is 1.44. The molecule has 2 saturated heterocycles. The van der Waals surface area contributed by atoms with Crippen molar-refractivity contribution >= 4 is 0 Å². The Morgan fingerprint density at radius 2 is 2.50 bits per heavy atom. The maximum atomic E-state index is 5.59. The third-order valence-electron chi connectivity index (χ3n) is 2.78. The molecule has 2 N–H and O–H groups in total. The van der Waals surface area contributed by atoms with Crippen LogP contribution >= 0.6 is 0 Å². The van der Waals surface area contributed by atoms with Gasteiger partial charge in [0.25, 0.3) is 0 Å². The third-order valence-corrected chi connectivity index (χ3v) is 2.78. The van der Waals surface area contributed by atoms with Crippen LogP contribution in [0.1, 0.15) is 6.42 Å². The van der Waals surface area contributed by atoms with Crippen LogP contribution in [0.15, 0.2) is 0 Å². The number of morpholine rings is 1. The van der Waals surface area contributed by atoms with Gasteiger partial charge in [0.1, 0.15) is 0 Å². The lowest BCUT2D eigenvalue weighted by Crippen LogP contribution is -2.46. The lowest BCUT2D eigenvalue weighted by molar-refractivity contribution is 0.000804. The quantitative estimate of drug-likeness (QED) is 0.532. The van der Waals surface area contributed by atoms with Crippen LogP contribution in [0.25, 0.3) is 0 Å². The minimum absolute atomic E-state index is 0.431. The molecule has 10 heavy (non-hydrogen) atoms. The summed E-state index contributed by atoms with van der Waals surface area (Å²) in [4.78, 5) is 2.36. The number of hydrogen-bond acceptors (Lipinski definition) is 3. The van der Waals surface area contributed by atoms with Gasteiger partial charge in [0.05, 0.1) is 12.7 Å². The first-order valence-electron chi connectivity index (χ1n) is 3.86. The van der Waals surface area contributed by atoms with Crippen molar-refractivity contribution in [2.45, 2.75) is 24.6 Å². The second kappa shape index (κ2) is 2.19. The fourth-order valence-electron chi connectivity index (χ4n) is 2.04. The van der Waals surface area contributed by atoms with Gasteiger partial charge in [0.15, 0.2) is 0 Å². The maximum absolute atomic E-state index is 5.59. The van der Waals surface area contributed by atoms with E-state index in [0.29, 0.717) is 18.2 Å². The molecule has 2 heterocycles. The molecule has 3 unspecified atom stereocenters. The summed E-state index contributed by atoms with van der Waals surface area (Å²) in [6, 6.07) is 1.14. The molecular weight excluding hydrogens is 128 g/mol. The number of fused-ring (bicyclic) bond motifs is 2. The molecule has 0 amide bonds. The smallest absolute Gasteiger partial charge is 0.0759 e. The predicted molar refractivity (Wildman–Crippen MR) is 38.8 cm³/mol. The van der Waals surface area contributed by atoms with Crippen molar-refractivity contribution in [2.75, 3.05) is 20.2 Å². The summed E-state index contributed by atoms with van der Waals surface area (Å²) in [6.07, 6.45) is 1.62. The fourth-order valence-corrected chi connectivity index (χ4v) is 2.04. The summed E-state index contributed by atoms with van der Waals surface area (Å²) in [6.45, 7) is 1.65. The minimum atomic E-state index is 0.431. The number of likely N-dealkylation sites (tertiary alicyclic amines) is 1. The van der Waals surface area contributed by atoms with Gasteiger partial charge in [-0.3, -0.25) is 4.90 Å². The molecule has 2 rings (SSSR count). The van der Waals surface area contributed by atoms with Gasteiger partial charge in [-0.25, -0.2) is 0 Å². The van der Waals surface area contributed by atoms with E-state index in [2.05, 4.69) is 11.9 Å². The Morgan fingerprint density at radius 1 is 1.70 bits per heavy atom. The first kappa shape index (κ1) is 6.58. The van der Waals surface area contributed by atoms with E-state index in [1.54, 1.807) is 0 Å². The van der Waals surface area contributed by atoms with E-state index in [1.807, 2.05) is 0 Å². The minimum Gasteiger partial charge on any atom is -0.375 e. The molecule has 2 aliphatic heterocycles. The predicted octanol–water partition coefficient (Wildman–Crippen LogP) is -0.583. The van der Waals surface area contributed by atoms with Crippen molar-refractivity contribution in [1.82, 2.24) is 4.90 Å². The van der Waals surface area contributed by atoms with Gasteiger partial charge >= 0.3 is 0 Å². The first-order valence-corrected chi connectivity index (χ1v) is 3.86. The monoisotopic (exact) mass is 142 g/mol. The van der Waals surface area contributed by atoms with Crippen LogP contribution in [0.3, 0.4) is 0 Å². The van der Waals surface area contributed by atoms with Gasteiger partial charge in [-0.05, 0) is 13.5 Å². The largest absolute Gasteiger partial charge is 0.375 e. The molecule has 3 atom stereocenters. The molecule has 3 nitrogen and oxygen atoms in total. The average molecular weight is 142 g/mol. The molecule has 3 heteroatoms. The lowest BCUT2D eigenvalue weighted by Gasteiger charge is -2.30. The van der Waals surface area contributed by atoms with Gasteiger partial charge in [-0.2, -0.15) is 0 Å². The molecule has 0 aromatic rings. The maximum Gasteiger partial charge on any atom is 0.0759 e. The van der Waals surface area contributed by atoms with Crippen molar-refractivity contribution in [2.24, 2.45) is 5.73 Å². The molecule has 2 bridgehead atoms. The van der Waals surface area contributed by atoms with E-state index in [0.717, 1.165) is 13.2 Å². The summed E-state index contributed by atoms with van der Waals surface area (Å²) >= 11 is 0. The zero-order valence-electron chi connectivity index (χ0n) is 6.29. The van der Waals surface area contributed by atoms with Crippen LogP contribution in [0.2, 0.25) is 0 Å². The molecular formula is C7H14N2O. The summed E-state index contributed by atoms with van der Waals surface area (Å²) in [7, 11) is 2.14. The van der Waals surface area contributed by atoms with Gasteiger partial charge in [-0.1, -0.05) is 0 Å². The van der Waals surface area contributed by atoms with Crippen molar-refractivity contribution in [3.63, 3.8) is 0 Å². The highest BCUT2D eigenvalue weighted by Gasteiger charge is 2.44. The van der Waals surface area contributed by atoms with E-state index in [1.165, 1.54) is 6.42 Å². The van der Waals surface area contributed by atoms with Gasteiger partial charge in [0.2, 0.25) is 0 Å². The van der Waals surface area contributed by atoms with E-state index in [-0.39, 0.29) is 0 Å². The SMILES string of the molecule is CN1C2COC(C2)C1CN. The molecule has 0 aromatic heterocycles. The summed E-state index contributed by atoms with van der Waals surface area (Å²) < 4.78 is 5.50. The van der Waals surface area contributed by atoms with Crippen LogP contribution in [0.4, 0.5) is 0 Å². The van der Waals surface area contributed by atoms with Gasteiger partial charge < -0.3 is 10.5 Å². The van der Waals surface area contributed by atoms with E-state index in [9.17, 15) is 0 Å². The Hall–Kier alpha value is -0.120. The van der Waals surface area contributed by atoms with Crippen LogP contribution in [-0.2, 0) is 4.74 Å². The number of nitrogens with zero attached hydrogens (tertiary/aromatic N) is 1. The second-order valence-electron chi connectivity index (χ2n) is 3.23. The zero-order chi connectivity index (χ0) is 7.14. The second-order valence-corrected chi connectivity index (χ2v) is 3.23. The summed E-state index contributed by atoms with van der Waals surface area (Å²) in [5, 5.41) is 0. The van der Waals surface area contributed by atoms with Crippen molar-refractivity contribution in [1.29, 1.82) is 0 Å². The van der Waals surface area contributed by atoms with Crippen LogP contribution in [-0.4, -0.2) is 43.3 Å². The van der Waals surface area contributed by atoms with Crippen molar-refractivity contribution < 1.29 is 4.74 Å². The lowest BCUT2D eigenvalue weighted by atomic mass is 10.2. The molecule has 0 aliphatic carbocycles. The Bertz CT molecular complexity index is 138. The van der Waals surface area contributed by atoms with Crippen molar-refractivity contribution in [3.05, 3.63) is 0 Å². The number of nitrogens with two attached hydrogens (primary N) is 1. The van der Waals surface area contributed by atoms with Crippen LogP contribution in [0.5, 0.6) is 0 Å². The summed E-state index contributed by atoms with van der Waals surface area (Å²) in [5.41, 5.74) is 5.59. The summed E-state index contributed by atoms with van der Waals surface area (Å²) in [5.74, 6) is 0. The first-order chi connectivity index (χ1) is 4.83. The normalized spacial score (nSPS) is 46.8.